The predicted octanol–water partition coefficient (Wildman–Crippen LogP) is 3.03. The predicted molar refractivity (Wildman–Crippen MR) is 103 cm³/mol. The van der Waals surface area contributed by atoms with Crippen LogP contribution in [0.1, 0.15) is 16.7 Å². The van der Waals surface area contributed by atoms with Crippen molar-refractivity contribution in [1.29, 1.82) is 0 Å². The first-order valence-electron chi connectivity index (χ1n) is 8.44. The van der Waals surface area contributed by atoms with E-state index in [4.69, 9.17) is 15.3 Å². The van der Waals surface area contributed by atoms with Gasteiger partial charge in [-0.2, -0.15) is 0 Å². The lowest BCUT2D eigenvalue weighted by molar-refractivity contribution is -0.385. The van der Waals surface area contributed by atoms with E-state index >= 15 is 0 Å². The lowest BCUT2D eigenvalue weighted by Crippen LogP contribution is -2.14. The highest BCUT2D eigenvalue weighted by molar-refractivity contribution is 7.98. The monoisotopic (exact) mass is 399 g/mol. The van der Waals surface area contributed by atoms with Crippen molar-refractivity contribution in [3.05, 3.63) is 63.2 Å². The van der Waals surface area contributed by atoms with Gasteiger partial charge in [0, 0.05) is 34.6 Å². The second-order valence-corrected chi connectivity index (χ2v) is 7.23. The molecule has 0 spiro atoms. The molecule has 144 valence electrons. The minimum Gasteiger partial charge on any atom is -0.467 e. The summed E-state index contributed by atoms with van der Waals surface area (Å²) in [5.41, 5.74) is 3.35. The van der Waals surface area contributed by atoms with Crippen molar-refractivity contribution in [3.63, 3.8) is 0 Å². The lowest BCUT2D eigenvalue weighted by Gasteiger charge is -2.20. The standard InChI is InChI=1S/C18H17N5O4S/c1-11-2-4-12(5-3-11)17-20-21-18(22(17)19)28-9-14-7-15(23(24)25)6-13-8-26-10-27-16(13)14/h2-7H,8-10,19H2,1H3. The van der Waals surface area contributed by atoms with Gasteiger partial charge in [0.1, 0.15) is 5.75 Å². The number of nitro benzene ring substituents is 1. The molecule has 4 rings (SSSR count). The smallest absolute Gasteiger partial charge is 0.270 e. The van der Waals surface area contributed by atoms with Gasteiger partial charge in [0.05, 0.1) is 11.5 Å². The van der Waals surface area contributed by atoms with Gasteiger partial charge in [-0.15, -0.1) is 10.2 Å². The molecule has 0 aliphatic carbocycles. The van der Waals surface area contributed by atoms with Crippen LogP contribution in [0.15, 0.2) is 41.6 Å². The van der Waals surface area contributed by atoms with Gasteiger partial charge in [-0.1, -0.05) is 41.6 Å². The summed E-state index contributed by atoms with van der Waals surface area (Å²) in [6.45, 7) is 2.40. The maximum absolute atomic E-state index is 11.2. The van der Waals surface area contributed by atoms with Crippen molar-refractivity contribution in [3.8, 4) is 17.1 Å². The van der Waals surface area contributed by atoms with Crippen LogP contribution >= 0.6 is 11.8 Å². The number of nitrogens with two attached hydrogens (primary N) is 1. The summed E-state index contributed by atoms with van der Waals surface area (Å²) in [6, 6.07) is 10.8. The number of hydrogen-bond donors (Lipinski definition) is 1. The highest BCUT2D eigenvalue weighted by Gasteiger charge is 2.22. The van der Waals surface area contributed by atoms with E-state index in [1.54, 1.807) is 0 Å². The van der Waals surface area contributed by atoms with Crippen LogP contribution in [-0.2, 0) is 17.1 Å². The molecule has 0 saturated carbocycles. The highest BCUT2D eigenvalue weighted by atomic mass is 32.2. The molecular formula is C18H17N5O4S. The van der Waals surface area contributed by atoms with Crippen LogP contribution < -0.4 is 10.6 Å². The summed E-state index contributed by atoms with van der Waals surface area (Å²) in [4.78, 5) is 10.8. The molecule has 3 aromatic rings. The minimum absolute atomic E-state index is 0.00184. The van der Waals surface area contributed by atoms with Gasteiger partial charge in [0.15, 0.2) is 12.6 Å². The van der Waals surface area contributed by atoms with Crippen molar-refractivity contribution in [1.82, 2.24) is 14.9 Å². The average Bonchev–Trinajstić information content (AvgIpc) is 3.07. The summed E-state index contributed by atoms with van der Waals surface area (Å²) in [6.07, 6.45) is 0. The number of aryl methyl sites for hydroxylation is 1. The molecule has 1 aliphatic heterocycles. The third kappa shape index (κ3) is 3.51. The van der Waals surface area contributed by atoms with E-state index in [2.05, 4.69) is 10.2 Å². The third-order valence-corrected chi connectivity index (χ3v) is 5.31. The van der Waals surface area contributed by atoms with E-state index in [1.165, 1.54) is 28.6 Å². The first kappa shape index (κ1) is 18.3. The van der Waals surface area contributed by atoms with Crippen LogP contribution in [0.2, 0.25) is 0 Å². The number of nitrogen functional groups attached to an aromatic ring is 1. The Labute approximate surface area is 164 Å². The van der Waals surface area contributed by atoms with E-state index in [0.717, 1.165) is 11.1 Å². The number of benzene rings is 2. The number of thioether (sulfide) groups is 1. The number of nitro groups is 1. The van der Waals surface area contributed by atoms with E-state index in [0.29, 0.717) is 33.6 Å². The van der Waals surface area contributed by atoms with Gasteiger partial charge in [0.2, 0.25) is 5.16 Å². The third-order valence-electron chi connectivity index (χ3n) is 4.31. The van der Waals surface area contributed by atoms with Crippen molar-refractivity contribution in [2.45, 2.75) is 24.4 Å². The van der Waals surface area contributed by atoms with E-state index in [1.807, 2.05) is 31.2 Å². The van der Waals surface area contributed by atoms with Gasteiger partial charge < -0.3 is 15.3 Å². The molecule has 2 heterocycles. The van der Waals surface area contributed by atoms with Crippen LogP contribution in [-0.4, -0.2) is 26.6 Å². The molecule has 1 aromatic heterocycles. The number of hydrogen-bond acceptors (Lipinski definition) is 8. The molecule has 0 radical (unpaired) electrons. The Bertz CT molecular complexity index is 1040. The number of ether oxygens (including phenoxy) is 2. The van der Waals surface area contributed by atoms with Gasteiger partial charge in [-0.3, -0.25) is 10.1 Å². The Morgan fingerprint density at radius 3 is 2.82 bits per heavy atom. The van der Waals surface area contributed by atoms with Crippen molar-refractivity contribution in [2.24, 2.45) is 0 Å². The van der Waals surface area contributed by atoms with Gasteiger partial charge in [-0.25, -0.2) is 4.68 Å². The zero-order valence-electron chi connectivity index (χ0n) is 15.0. The first-order chi connectivity index (χ1) is 13.5. The molecule has 1 aliphatic rings. The highest BCUT2D eigenvalue weighted by Crippen LogP contribution is 2.36. The number of rotatable bonds is 5. The Hall–Kier alpha value is -3.11. The molecule has 0 atom stereocenters. The van der Waals surface area contributed by atoms with Gasteiger partial charge >= 0.3 is 0 Å². The molecule has 0 fully saturated rings. The Kier molecular flexibility index (Phi) is 4.88. The van der Waals surface area contributed by atoms with Crippen LogP contribution in [0.4, 0.5) is 5.69 Å². The number of fused-ring (bicyclic) bond motifs is 1. The molecular weight excluding hydrogens is 382 g/mol. The van der Waals surface area contributed by atoms with Crippen LogP contribution in [0.3, 0.4) is 0 Å². The minimum atomic E-state index is -0.427. The molecule has 2 aromatic carbocycles. The molecule has 9 nitrogen and oxygen atoms in total. The maximum atomic E-state index is 11.2. The SMILES string of the molecule is Cc1ccc(-c2nnc(SCc3cc([N+](=O)[O-])cc4c3OCOC4)n2N)cc1. The summed E-state index contributed by atoms with van der Waals surface area (Å²) in [5, 5.41) is 20.0. The zero-order valence-corrected chi connectivity index (χ0v) is 15.8. The Balaban J connectivity index is 1.59. The summed E-state index contributed by atoms with van der Waals surface area (Å²) in [7, 11) is 0. The Morgan fingerprint density at radius 2 is 2.07 bits per heavy atom. The molecule has 0 bridgehead atoms. The number of non-ortho nitro benzene ring substituents is 1. The van der Waals surface area contributed by atoms with E-state index < -0.39 is 4.92 Å². The summed E-state index contributed by atoms with van der Waals surface area (Å²) >= 11 is 1.33. The van der Waals surface area contributed by atoms with Crippen molar-refractivity contribution >= 4 is 17.4 Å². The van der Waals surface area contributed by atoms with Gasteiger partial charge in [0.25, 0.3) is 5.69 Å². The average molecular weight is 399 g/mol. The fraction of sp³-hybridized carbons (Fsp3) is 0.222. The molecule has 28 heavy (non-hydrogen) atoms. The summed E-state index contributed by atoms with van der Waals surface area (Å²) in [5.74, 6) is 7.73. The molecule has 0 amide bonds. The van der Waals surface area contributed by atoms with Crippen LogP contribution in [0, 0.1) is 17.0 Å². The molecule has 2 N–H and O–H groups in total. The quantitative estimate of drug-likeness (QED) is 0.301. The van der Waals surface area contributed by atoms with Crippen LogP contribution in [0.25, 0.3) is 11.4 Å². The normalized spacial score (nSPS) is 13.0. The van der Waals surface area contributed by atoms with Crippen LogP contribution in [0.5, 0.6) is 5.75 Å². The van der Waals surface area contributed by atoms with E-state index in [-0.39, 0.29) is 19.1 Å². The second kappa shape index (κ2) is 7.49. The topological polar surface area (TPSA) is 118 Å². The molecule has 0 saturated heterocycles. The lowest BCUT2D eigenvalue weighted by atomic mass is 10.1. The van der Waals surface area contributed by atoms with Crippen molar-refractivity contribution < 1.29 is 14.4 Å². The summed E-state index contributed by atoms with van der Waals surface area (Å²) < 4.78 is 12.2. The number of nitrogens with zero attached hydrogens (tertiary/aromatic N) is 4. The maximum Gasteiger partial charge on any atom is 0.270 e. The van der Waals surface area contributed by atoms with Gasteiger partial charge in [-0.05, 0) is 6.92 Å². The first-order valence-corrected chi connectivity index (χ1v) is 9.42. The van der Waals surface area contributed by atoms with E-state index in [9.17, 15) is 10.1 Å². The fourth-order valence-electron chi connectivity index (χ4n) is 2.91. The zero-order chi connectivity index (χ0) is 19.7. The second-order valence-electron chi connectivity index (χ2n) is 6.29. The fourth-order valence-corrected chi connectivity index (χ4v) is 3.73. The molecule has 0 unspecified atom stereocenters. The number of aromatic nitrogens is 3. The Morgan fingerprint density at radius 1 is 1.29 bits per heavy atom. The van der Waals surface area contributed by atoms with Crippen molar-refractivity contribution in [2.75, 3.05) is 12.6 Å². The largest absolute Gasteiger partial charge is 0.467 e. The molecule has 10 heteroatoms.